The van der Waals surface area contributed by atoms with E-state index in [4.69, 9.17) is 0 Å². The minimum absolute atomic E-state index is 0.279. The number of benzene rings is 1. The number of nitrogens with zero attached hydrogens (tertiary/aromatic N) is 1. The average Bonchev–Trinajstić information content (AvgIpc) is 2.15. The van der Waals surface area contributed by atoms with Crippen LogP contribution in [0.2, 0.25) is 0 Å². The Balaban J connectivity index is 3.12. The van der Waals surface area contributed by atoms with Crippen molar-refractivity contribution < 1.29 is 36.0 Å². The molecule has 0 aliphatic rings. The standard InChI is InChI=1S/C8H3F6NO3S/c9-7(10,11)18-4-1-2-6(19-8(12,13)14)5(3-4)15(16)17/h1-3H. The fourth-order valence-electron chi connectivity index (χ4n) is 1.05. The lowest BCUT2D eigenvalue weighted by atomic mass is 10.3. The summed E-state index contributed by atoms with van der Waals surface area (Å²) >= 11 is -0.796. The van der Waals surface area contributed by atoms with Crippen molar-refractivity contribution in [1.29, 1.82) is 0 Å². The quantitative estimate of drug-likeness (QED) is 0.365. The van der Waals surface area contributed by atoms with Crippen LogP contribution in [-0.2, 0) is 0 Å². The third-order valence-corrected chi connectivity index (χ3v) is 2.38. The van der Waals surface area contributed by atoms with Crippen LogP contribution in [0.4, 0.5) is 32.0 Å². The van der Waals surface area contributed by atoms with Gasteiger partial charge in [-0.3, -0.25) is 10.1 Å². The number of thioether (sulfide) groups is 1. The van der Waals surface area contributed by atoms with Crippen molar-refractivity contribution in [2.75, 3.05) is 0 Å². The van der Waals surface area contributed by atoms with Gasteiger partial charge in [0.1, 0.15) is 5.75 Å². The summed E-state index contributed by atoms with van der Waals surface area (Å²) in [5.41, 5.74) is -5.92. The molecule has 0 aliphatic carbocycles. The Morgan fingerprint density at radius 2 is 1.74 bits per heavy atom. The highest BCUT2D eigenvalue weighted by atomic mass is 32.2. The lowest BCUT2D eigenvalue weighted by molar-refractivity contribution is -0.388. The van der Waals surface area contributed by atoms with E-state index in [1.807, 2.05) is 0 Å². The Kier molecular flexibility index (Phi) is 4.18. The van der Waals surface area contributed by atoms with Crippen molar-refractivity contribution in [3.8, 4) is 5.75 Å². The van der Waals surface area contributed by atoms with Gasteiger partial charge in [0.15, 0.2) is 0 Å². The van der Waals surface area contributed by atoms with Crippen LogP contribution in [0.3, 0.4) is 0 Å². The highest BCUT2D eigenvalue weighted by Crippen LogP contribution is 2.42. The predicted octanol–water partition coefficient (Wildman–Crippen LogP) is 4.11. The summed E-state index contributed by atoms with van der Waals surface area (Å²) in [6.07, 6.45) is -5.09. The van der Waals surface area contributed by atoms with Crippen LogP contribution in [0, 0.1) is 10.1 Å². The summed E-state index contributed by atoms with van der Waals surface area (Å²) in [6.45, 7) is 0. The minimum atomic E-state index is -5.09. The van der Waals surface area contributed by atoms with Gasteiger partial charge in [0.05, 0.1) is 15.9 Å². The van der Waals surface area contributed by atoms with E-state index in [0.717, 1.165) is 0 Å². The zero-order chi connectivity index (χ0) is 14.8. The third kappa shape index (κ3) is 5.24. The molecule has 0 amide bonds. The largest absolute Gasteiger partial charge is 0.573 e. The van der Waals surface area contributed by atoms with Crippen molar-refractivity contribution >= 4 is 17.4 Å². The van der Waals surface area contributed by atoms with Crippen molar-refractivity contribution in [3.63, 3.8) is 0 Å². The molecular formula is C8H3F6NO3S. The molecule has 0 spiro atoms. The lowest BCUT2D eigenvalue weighted by Crippen LogP contribution is -2.17. The van der Waals surface area contributed by atoms with Gasteiger partial charge < -0.3 is 4.74 Å². The SMILES string of the molecule is O=[N+]([O-])c1cc(OC(F)(F)F)ccc1SC(F)(F)F. The topological polar surface area (TPSA) is 52.4 Å². The molecule has 4 nitrogen and oxygen atoms in total. The van der Waals surface area contributed by atoms with Crippen molar-refractivity contribution in [2.24, 2.45) is 0 Å². The second-order valence-corrected chi connectivity index (χ2v) is 4.09. The number of hydrogen-bond acceptors (Lipinski definition) is 4. The van der Waals surface area contributed by atoms with Crippen LogP contribution >= 0.6 is 11.8 Å². The molecule has 0 fully saturated rings. The van der Waals surface area contributed by atoms with Gasteiger partial charge in [-0.15, -0.1) is 13.2 Å². The minimum Gasteiger partial charge on any atom is -0.406 e. The summed E-state index contributed by atoms with van der Waals surface area (Å²) in [4.78, 5) is 8.46. The average molecular weight is 307 g/mol. The van der Waals surface area contributed by atoms with Gasteiger partial charge >= 0.3 is 11.9 Å². The lowest BCUT2D eigenvalue weighted by Gasteiger charge is -2.10. The maximum atomic E-state index is 12.1. The zero-order valence-corrected chi connectivity index (χ0v) is 9.40. The second-order valence-electron chi connectivity index (χ2n) is 2.98. The van der Waals surface area contributed by atoms with Gasteiger partial charge in [-0.05, 0) is 23.9 Å². The smallest absolute Gasteiger partial charge is 0.406 e. The molecule has 0 bridgehead atoms. The molecule has 0 unspecified atom stereocenters. The van der Waals surface area contributed by atoms with Gasteiger partial charge in [0, 0.05) is 0 Å². The number of nitro groups is 1. The summed E-state index contributed by atoms with van der Waals surface area (Å²) < 4.78 is 75.2. The molecule has 19 heavy (non-hydrogen) atoms. The van der Waals surface area contributed by atoms with E-state index in [1.54, 1.807) is 0 Å². The van der Waals surface area contributed by atoms with Gasteiger partial charge in [-0.2, -0.15) is 13.2 Å². The predicted molar refractivity (Wildman–Crippen MR) is 51.7 cm³/mol. The van der Waals surface area contributed by atoms with Crippen LogP contribution < -0.4 is 4.74 Å². The number of alkyl halides is 6. The summed E-state index contributed by atoms with van der Waals surface area (Å²) in [6, 6.07) is 1.38. The maximum absolute atomic E-state index is 12.1. The van der Waals surface area contributed by atoms with Crippen LogP contribution in [0.25, 0.3) is 0 Å². The molecule has 0 heterocycles. The highest BCUT2D eigenvalue weighted by Gasteiger charge is 2.35. The highest BCUT2D eigenvalue weighted by molar-refractivity contribution is 8.00. The van der Waals surface area contributed by atoms with E-state index in [9.17, 15) is 36.5 Å². The molecule has 1 rings (SSSR count). The molecular weight excluding hydrogens is 304 g/mol. The van der Waals surface area contributed by atoms with Crippen molar-refractivity contribution in [1.82, 2.24) is 0 Å². The van der Waals surface area contributed by atoms with E-state index in [-0.39, 0.29) is 6.07 Å². The first-order valence-corrected chi connectivity index (χ1v) is 5.09. The number of ether oxygens (including phenoxy) is 1. The Labute approximate surface area is 105 Å². The third-order valence-electron chi connectivity index (χ3n) is 1.59. The first kappa shape index (κ1) is 15.4. The van der Waals surface area contributed by atoms with E-state index in [1.165, 1.54) is 0 Å². The first-order chi connectivity index (χ1) is 8.48. The normalized spacial score (nSPS) is 12.3. The fourth-order valence-corrected chi connectivity index (χ4v) is 1.67. The molecule has 11 heteroatoms. The Morgan fingerprint density at radius 3 is 2.16 bits per heavy atom. The van der Waals surface area contributed by atoms with Gasteiger partial charge in [-0.25, -0.2) is 0 Å². The Morgan fingerprint density at radius 1 is 1.16 bits per heavy atom. The monoisotopic (exact) mass is 307 g/mol. The Bertz CT molecular complexity index is 486. The molecule has 1 aromatic carbocycles. The number of halogens is 6. The molecule has 0 saturated carbocycles. The van der Waals surface area contributed by atoms with Gasteiger partial charge in [0.25, 0.3) is 5.69 Å². The number of nitro benzene ring substituents is 1. The zero-order valence-electron chi connectivity index (χ0n) is 8.58. The molecule has 0 atom stereocenters. The number of rotatable bonds is 3. The van der Waals surface area contributed by atoms with E-state index < -0.39 is 44.9 Å². The van der Waals surface area contributed by atoms with Gasteiger partial charge in [0.2, 0.25) is 0 Å². The summed E-state index contributed by atoms with van der Waals surface area (Å²) in [7, 11) is 0. The molecule has 0 aliphatic heterocycles. The summed E-state index contributed by atoms with van der Waals surface area (Å²) in [5.74, 6) is -0.967. The van der Waals surface area contributed by atoms with Crippen LogP contribution in [0.1, 0.15) is 0 Å². The Hall–Kier alpha value is -1.65. The number of hydrogen-bond donors (Lipinski definition) is 0. The van der Waals surface area contributed by atoms with Crippen molar-refractivity contribution in [3.05, 3.63) is 28.3 Å². The van der Waals surface area contributed by atoms with Crippen LogP contribution in [0.15, 0.2) is 23.1 Å². The molecule has 106 valence electrons. The summed E-state index contributed by atoms with van der Waals surface area (Å²) in [5, 5.41) is 10.5. The molecule has 0 N–H and O–H groups in total. The van der Waals surface area contributed by atoms with E-state index in [0.29, 0.717) is 12.1 Å². The van der Waals surface area contributed by atoms with E-state index in [2.05, 4.69) is 4.74 Å². The second kappa shape index (κ2) is 5.15. The van der Waals surface area contributed by atoms with Crippen molar-refractivity contribution in [2.45, 2.75) is 16.8 Å². The van der Waals surface area contributed by atoms with Gasteiger partial charge in [-0.1, -0.05) is 0 Å². The van der Waals surface area contributed by atoms with Crippen LogP contribution in [0.5, 0.6) is 5.75 Å². The van der Waals surface area contributed by atoms with Crippen LogP contribution in [-0.4, -0.2) is 16.8 Å². The van der Waals surface area contributed by atoms with E-state index >= 15 is 0 Å². The molecule has 0 aromatic heterocycles. The fraction of sp³-hybridized carbons (Fsp3) is 0.250. The first-order valence-electron chi connectivity index (χ1n) is 4.28. The maximum Gasteiger partial charge on any atom is 0.573 e. The molecule has 0 radical (unpaired) electrons. The molecule has 0 saturated heterocycles. The molecule has 1 aromatic rings.